The molecule has 0 atom stereocenters. The molecule has 0 aliphatic heterocycles. The Kier molecular flexibility index (Phi) is 13.3. The van der Waals surface area contributed by atoms with Gasteiger partial charge in [0.25, 0.3) is 0 Å². The number of imidazole rings is 1. The Balaban J connectivity index is 0.000000209. The Morgan fingerprint density at radius 2 is 1.26 bits per heavy atom. The van der Waals surface area contributed by atoms with Crippen LogP contribution in [0, 0.1) is 12.1 Å². The summed E-state index contributed by atoms with van der Waals surface area (Å²) in [6, 6.07) is 67.8. The zero-order chi connectivity index (χ0) is 49.4. The van der Waals surface area contributed by atoms with Crippen LogP contribution in [-0.2, 0) is 26.5 Å². The minimum Gasteiger partial charge on any atom is -0.501 e. The maximum atomic E-state index is 8.84. The maximum absolute atomic E-state index is 8.84. The predicted octanol–water partition coefficient (Wildman–Crippen LogP) is 16.1. The van der Waals surface area contributed by atoms with Gasteiger partial charge in [0.15, 0.2) is 5.65 Å². The van der Waals surface area contributed by atoms with E-state index in [0.29, 0.717) is 5.56 Å². The summed E-state index contributed by atoms with van der Waals surface area (Å²) in [7, 11) is -1.76. The fourth-order valence-electron chi connectivity index (χ4n) is 9.11. The molecule has 0 saturated carbocycles. The monoisotopic (exact) mass is 1110 g/mol. The third-order valence-electron chi connectivity index (χ3n) is 12.6. The van der Waals surface area contributed by atoms with Crippen LogP contribution in [0.25, 0.3) is 83.8 Å². The zero-order valence-electron chi connectivity index (χ0n) is 42.6. The van der Waals surface area contributed by atoms with Crippen LogP contribution in [0.5, 0.6) is 0 Å². The molecule has 0 bridgehead atoms. The summed E-state index contributed by atoms with van der Waals surface area (Å²) < 4.78 is 26.5. The van der Waals surface area contributed by atoms with Crippen LogP contribution in [0.4, 0.5) is 0 Å². The molecular formula is C63H56IrN4OSi-2. The molecule has 4 heterocycles. The number of hydrogen-bond donors (Lipinski definition) is 0. The van der Waals surface area contributed by atoms with Crippen molar-refractivity contribution in [3.8, 4) is 50.7 Å². The molecule has 349 valence electrons. The molecule has 0 amide bonds. The number of para-hydroxylation sites is 1. The number of rotatable bonds is 10. The summed E-state index contributed by atoms with van der Waals surface area (Å²) in [6.07, 6.45) is 0.307. The molecule has 0 spiro atoms. The van der Waals surface area contributed by atoms with E-state index in [4.69, 9.17) is 17.1 Å². The summed E-state index contributed by atoms with van der Waals surface area (Å²) in [5, 5.41) is 3.19. The second-order valence-electron chi connectivity index (χ2n) is 19.2. The van der Waals surface area contributed by atoms with Gasteiger partial charge in [0, 0.05) is 45.7 Å². The molecule has 5 nitrogen and oxygen atoms in total. The van der Waals surface area contributed by atoms with E-state index in [2.05, 4.69) is 166 Å². The van der Waals surface area contributed by atoms with E-state index in [0.717, 1.165) is 83.4 Å². The van der Waals surface area contributed by atoms with E-state index in [-0.39, 0.29) is 31.9 Å². The number of nitrogens with zero attached hydrogens (tertiary/aromatic N) is 4. The van der Waals surface area contributed by atoms with E-state index in [9.17, 15) is 0 Å². The van der Waals surface area contributed by atoms with Gasteiger partial charge in [-0.2, -0.15) is 0 Å². The van der Waals surface area contributed by atoms with Crippen molar-refractivity contribution in [3.05, 3.63) is 223 Å². The summed E-state index contributed by atoms with van der Waals surface area (Å²) in [6.45, 7) is 15.8. The van der Waals surface area contributed by atoms with Gasteiger partial charge < -0.3 is 14.0 Å². The summed E-state index contributed by atoms with van der Waals surface area (Å²) in [4.78, 5) is 15.3. The molecule has 70 heavy (non-hydrogen) atoms. The normalized spacial score (nSPS) is 12.2. The Morgan fingerprint density at radius 1 is 0.614 bits per heavy atom. The first kappa shape index (κ1) is 45.4. The van der Waals surface area contributed by atoms with Gasteiger partial charge >= 0.3 is 0 Å². The Bertz CT molecular complexity index is 3630. The summed E-state index contributed by atoms with van der Waals surface area (Å²) in [5.41, 5.74) is 15.1. The largest absolute Gasteiger partial charge is 0.501 e. The van der Waals surface area contributed by atoms with Crippen molar-refractivity contribution >= 4 is 46.4 Å². The van der Waals surface area contributed by atoms with E-state index in [1.807, 2.05) is 91.1 Å². The van der Waals surface area contributed by atoms with Gasteiger partial charge in [0.1, 0.15) is 5.58 Å². The van der Waals surface area contributed by atoms with E-state index < -0.39 is 14.4 Å². The van der Waals surface area contributed by atoms with Crippen LogP contribution in [0.3, 0.4) is 0 Å². The van der Waals surface area contributed by atoms with Crippen molar-refractivity contribution in [2.45, 2.75) is 65.5 Å². The van der Waals surface area contributed by atoms with Gasteiger partial charge in [-0.25, -0.2) is 4.98 Å². The van der Waals surface area contributed by atoms with Gasteiger partial charge in [-0.1, -0.05) is 179 Å². The van der Waals surface area contributed by atoms with Gasteiger partial charge in [-0.3, -0.25) is 4.98 Å². The van der Waals surface area contributed by atoms with E-state index >= 15 is 0 Å². The Morgan fingerprint density at radius 3 is 1.91 bits per heavy atom. The average molecular weight is 1110 g/mol. The summed E-state index contributed by atoms with van der Waals surface area (Å²) in [5.74, 6) is 1.25. The molecule has 11 aromatic rings. The number of furan rings is 1. The average Bonchev–Trinajstić information content (AvgIpc) is 3.97. The number of benzene rings is 7. The van der Waals surface area contributed by atoms with Crippen LogP contribution in [0.2, 0.25) is 19.6 Å². The van der Waals surface area contributed by atoms with Gasteiger partial charge in [-0.15, -0.1) is 54.1 Å². The van der Waals surface area contributed by atoms with Gasteiger partial charge in [-0.05, 0) is 87.2 Å². The van der Waals surface area contributed by atoms with E-state index in [1.54, 1.807) is 0 Å². The van der Waals surface area contributed by atoms with Crippen molar-refractivity contribution in [1.29, 1.82) is 0 Å². The molecule has 0 fully saturated rings. The Labute approximate surface area is 429 Å². The number of hydrogen-bond acceptors (Lipinski definition) is 4. The summed E-state index contributed by atoms with van der Waals surface area (Å²) >= 11 is 0. The number of fused-ring (bicyclic) bond motifs is 4. The molecule has 7 aromatic carbocycles. The third kappa shape index (κ3) is 9.75. The molecule has 4 aromatic heterocycles. The molecule has 0 aliphatic rings. The smallest absolute Gasteiger partial charge is 0.156 e. The van der Waals surface area contributed by atoms with Crippen LogP contribution < -0.4 is 5.19 Å². The minimum atomic E-state index is -1.76. The topological polar surface area (TPSA) is 56.7 Å². The van der Waals surface area contributed by atoms with Crippen LogP contribution in [-0.4, -0.2) is 27.6 Å². The fraction of sp³-hybridized carbons (Fsp3) is 0.159. The molecule has 0 unspecified atom stereocenters. The van der Waals surface area contributed by atoms with Gasteiger partial charge in [0.05, 0.1) is 30.7 Å². The molecular weight excluding hydrogens is 1050 g/mol. The molecule has 1 radical (unpaired) electrons. The van der Waals surface area contributed by atoms with Crippen molar-refractivity contribution in [3.63, 3.8) is 0 Å². The van der Waals surface area contributed by atoms with Crippen LogP contribution in [0.15, 0.2) is 193 Å². The molecule has 7 heteroatoms. The first-order valence-electron chi connectivity index (χ1n) is 24.8. The minimum absolute atomic E-state index is 0. The van der Waals surface area contributed by atoms with Crippen LogP contribution in [0.1, 0.15) is 64.5 Å². The predicted molar refractivity (Wildman–Crippen MR) is 290 cm³/mol. The standard InChI is InChI=1S/C42H34N3O.C21H22NSi.Ir/c1-26(2)34-24-30(28-14-7-5-8-15-28)25-35(27(3)4)39(34)45-41(33-20-13-19-32-31-18-11-12-21-38(31)46-40(32)33)44-37-23-22-36(43-42(37)45)29-16-9-6-10-17-29;1-23(2,3)21-16-22-20(18-12-8-5-9-13-18)15-19(21)14-17-10-6-4-7-11-17;/h5-19,21-27H,1-4H3;4-12,15-16H,14H2,1-3H3;/q2*-1;/i;14D2;. The quantitative estimate of drug-likeness (QED) is 0.101. The number of aromatic nitrogens is 4. The molecule has 0 saturated heterocycles. The Hall–Kier alpha value is -7.02. The van der Waals surface area contributed by atoms with Crippen molar-refractivity contribution in [2.24, 2.45) is 0 Å². The first-order valence-corrected chi connectivity index (χ1v) is 27.3. The third-order valence-corrected chi connectivity index (χ3v) is 14.6. The molecule has 0 N–H and O–H groups in total. The second-order valence-corrected chi connectivity index (χ2v) is 24.2. The second kappa shape index (κ2) is 20.5. The maximum Gasteiger partial charge on any atom is 0.156 e. The first-order chi connectivity index (χ1) is 34.3. The van der Waals surface area contributed by atoms with Crippen molar-refractivity contribution < 1.29 is 27.3 Å². The van der Waals surface area contributed by atoms with E-state index in [1.165, 1.54) is 22.3 Å². The van der Waals surface area contributed by atoms with Crippen molar-refractivity contribution in [2.75, 3.05) is 0 Å². The fourth-order valence-corrected chi connectivity index (χ4v) is 10.5. The van der Waals surface area contributed by atoms with Crippen LogP contribution >= 0.6 is 0 Å². The molecule has 11 rings (SSSR count). The number of pyridine rings is 2. The molecule has 0 aliphatic carbocycles. The van der Waals surface area contributed by atoms with Gasteiger partial charge in [0.2, 0.25) is 0 Å². The zero-order valence-corrected chi connectivity index (χ0v) is 44.0. The SMILES string of the molecule is CC(C)c1cc(-c2ccccc2)cc(C(C)C)c1-n1c(-c2[c-]ccc3c2oc2ccccc23)nc2ccc(-c3ccccc3)nc21.[2H]C([2H])(c1ccccc1)c1cc(-c2[c-]cccc2)ncc1[Si](C)(C)C.[Ir]. The van der Waals surface area contributed by atoms with Crippen molar-refractivity contribution in [1.82, 2.24) is 19.5 Å².